The Morgan fingerprint density at radius 1 is 1.19 bits per heavy atom. The van der Waals surface area contributed by atoms with Gasteiger partial charge in [-0.15, -0.1) is 0 Å². The highest BCUT2D eigenvalue weighted by Crippen LogP contribution is 2.31. The Balaban J connectivity index is 1.86. The van der Waals surface area contributed by atoms with Crippen molar-refractivity contribution >= 4 is 33.2 Å². The molecule has 2 aromatic rings. The molecule has 0 aliphatic carbocycles. The molecule has 1 atom stereocenters. The van der Waals surface area contributed by atoms with E-state index in [4.69, 9.17) is 11.6 Å². The van der Waals surface area contributed by atoms with E-state index in [1.807, 2.05) is 30.3 Å². The number of rotatable bonds is 5. The maximum atomic E-state index is 12.7. The molecule has 0 radical (unpaired) electrons. The Hall–Kier alpha value is -2.09. The van der Waals surface area contributed by atoms with Crippen LogP contribution in [0.25, 0.3) is 0 Å². The lowest BCUT2D eigenvalue weighted by atomic mass is 10.1. The van der Waals surface area contributed by atoms with Crippen molar-refractivity contribution in [1.82, 2.24) is 5.32 Å². The summed E-state index contributed by atoms with van der Waals surface area (Å²) in [7, 11) is -3.44. The van der Waals surface area contributed by atoms with Gasteiger partial charge in [-0.3, -0.25) is 9.10 Å². The van der Waals surface area contributed by atoms with Crippen molar-refractivity contribution < 1.29 is 18.3 Å². The molecule has 1 saturated heterocycles. The number of hydrogen-bond donors (Lipinski definition) is 2. The Morgan fingerprint density at radius 2 is 1.93 bits per heavy atom. The van der Waals surface area contributed by atoms with E-state index in [9.17, 15) is 18.3 Å². The van der Waals surface area contributed by atoms with E-state index in [0.29, 0.717) is 18.7 Å². The molecule has 27 heavy (non-hydrogen) atoms. The number of nitrogens with zero attached hydrogens (tertiary/aromatic N) is 1. The fraction of sp³-hybridized carbons (Fsp3) is 0.316. The molecule has 3 rings (SSSR count). The van der Waals surface area contributed by atoms with Crippen molar-refractivity contribution in [1.29, 1.82) is 0 Å². The predicted octanol–water partition coefficient (Wildman–Crippen LogP) is 2.73. The number of aliphatic hydroxyl groups excluding tert-OH is 1. The normalized spacial score (nSPS) is 17.3. The van der Waals surface area contributed by atoms with E-state index in [2.05, 4.69) is 5.32 Å². The second kappa shape index (κ2) is 8.29. The second-order valence-corrected chi connectivity index (χ2v) is 8.80. The zero-order chi connectivity index (χ0) is 19.4. The number of sulfonamides is 1. The van der Waals surface area contributed by atoms with Gasteiger partial charge in [0.1, 0.15) is 0 Å². The molecule has 0 saturated carbocycles. The zero-order valence-electron chi connectivity index (χ0n) is 14.6. The van der Waals surface area contributed by atoms with Crippen LogP contribution in [0.2, 0.25) is 5.02 Å². The SMILES string of the molecule is O=C(NC(CO)c1ccccc1)c1ccc(Cl)c(N2CCCCS2(=O)=O)c1. The van der Waals surface area contributed by atoms with Crippen LogP contribution in [0.15, 0.2) is 48.5 Å². The lowest BCUT2D eigenvalue weighted by Crippen LogP contribution is -2.38. The van der Waals surface area contributed by atoms with E-state index in [0.717, 1.165) is 12.0 Å². The first-order valence-electron chi connectivity index (χ1n) is 8.69. The minimum Gasteiger partial charge on any atom is -0.394 e. The van der Waals surface area contributed by atoms with Gasteiger partial charge in [-0.1, -0.05) is 41.9 Å². The predicted molar refractivity (Wildman–Crippen MR) is 106 cm³/mol. The van der Waals surface area contributed by atoms with Crippen LogP contribution in [-0.2, 0) is 10.0 Å². The highest BCUT2D eigenvalue weighted by atomic mass is 35.5. The summed E-state index contributed by atoms with van der Waals surface area (Å²) in [6, 6.07) is 13.1. The summed E-state index contributed by atoms with van der Waals surface area (Å²) in [6.45, 7) is 0.0904. The quantitative estimate of drug-likeness (QED) is 0.796. The molecule has 144 valence electrons. The van der Waals surface area contributed by atoms with Gasteiger partial charge in [-0.2, -0.15) is 0 Å². The highest BCUT2D eigenvalue weighted by Gasteiger charge is 2.28. The molecule has 0 aromatic heterocycles. The van der Waals surface area contributed by atoms with Gasteiger partial charge < -0.3 is 10.4 Å². The average molecular weight is 409 g/mol. The van der Waals surface area contributed by atoms with Crippen LogP contribution in [0, 0.1) is 0 Å². The van der Waals surface area contributed by atoms with Gasteiger partial charge in [0.25, 0.3) is 5.91 Å². The average Bonchev–Trinajstić information content (AvgIpc) is 2.67. The Labute approximate surface area is 163 Å². The van der Waals surface area contributed by atoms with Crippen LogP contribution in [-0.4, -0.2) is 38.3 Å². The molecule has 1 heterocycles. The molecule has 1 amide bonds. The van der Waals surface area contributed by atoms with Gasteiger partial charge in [0, 0.05) is 12.1 Å². The molecule has 1 aliphatic rings. The van der Waals surface area contributed by atoms with Gasteiger partial charge in [-0.25, -0.2) is 8.42 Å². The van der Waals surface area contributed by atoms with Crippen LogP contribution >= 0.6 is 11.6 Å². The number of carbonyl (C=O) groups excluding carboxylic acids is 1. The van der Waals surface area contributed by atoms with Crippen molar-refractivity contribution in [2.45, 2.75) is 18.9 Å². The molecule has 0 spiro atoms. The number of halogens is 1. The van der Waals surface area contributed by atoms with Gasteiger partial charge in [0.05, 0.1) is 29.1 Å². The number of amides is 1. The number of benzene rings is 2. The molecule has 2 N–H and O–H groups in total. The van der Waals surface area contributed by atoms with E-state index in [1.165, 1.54) is 22.5 Å². The van der Waals surface area contributed by atoms with Crippen LogP contribution in [0.1, 0.15) is 34.8 Å². The van der Waals surface area contributed by atoms with E-state index < -0.39 is 22.0 Å². The summed E-state index contributed by atoms with van der Waals surface area (Å²) < 4.78 is 26.0. The first-order valence-corrected chi connectivity index (χ1v) is 10.7. The monoisotopic (exact) mass is 408 g/mol. The molecule has 1 aliphatic heterocycles. The summed E-state index contributed by atoms with van der Waals surface area (Å²) in [6.07, 6.45) is 1.36. The second-order valence-electron chi connectivity index (χ2n) is 6.38. The Bertz CT molecular complexity index is 919. The van der Waals surface area contributed by atoms with Crippen LogP contribution in [0.3, 0.4) is 0 Å². The molecular weight excluding hydrogens is 388 g/mol. The number of carbonyl (C=O) groups is 1. The smallest absolute Gasteiger partial charge is 0.251 e. The molecule has 8 heteroatoms. The topological polar surface area (TPSA) is 86.7 Å². The van der Waals surface area contributed by atoms with Crippen LogP contribution in [0.4, 0.5) is 5.69 Å². The Morgan fingerprint density at radius 3 is 2.59 bits per heavy atom. The molecular formula is C19H21ClN2O4S. The summed E-state index contributed by atoms with van der Waals surface area (Å²) in [5.74, 6) is -0.342. The minimum absolute atomic E-state index is 0.0698. The molecule has 2 aromatic carbocycles. The zero-order valence-corrected chi connectivity index (χ0v) is 16.2. The molecule has 1 unspecified atom stereocenters. The lowest BCUT2D eigenvalue weighted by Gasteiger charge is -2.29. The summed E-state index contributed by atoms with van der Waals surface area (Å²) >= 11 is 6.21. The fourth-order valence-electron chi connectivity index (χ4n) is 3.07. The van der Waals surface area contributed by atoms with E-state index in [1.54, 1.807) is 0 Å². The molecule has 6 nitrogen and oxygen atoms in total. The van der Waals surface area contributed by atoms with E-state index >= 15 is 0 Å². The summed E-state index contributed by atoms with van der Waals surface area (Å²) in [5, 5.41) is 12.7. The van der Waals surface area contributed by atoms with Crippen molar-refractivity contribution in [3.8, 4) is 0 Å². The first kappa shape index (κ1) is 19.7. The third-order valence-electron chi connectivity index (χ3n) is 4.52. The van der Waals surface area contributed by atoms with Crippen molar-refractivity contribution in [3.63, 3.8) is 0 Å². The maximum Gasteiger partial charge on any atom is 0.251 e. The minimum atomic E-state index is -3.44. The van der Waals surface area contributed by atoms with Gasteiger partial charge >= 0.3 is 0 Å². The van der Waals surface area contributed by atoms with Gasteiger partial charge in [0.2, 0.25) is 10.0 Å². The summed E-state index contributed by atoms with van der Waals surface area (Å²) in [5.41, 5.74) is 1.37. The number of hydrogen-bond acceptors (Lipinski definition) is 4. The molecule has 0 bridgehead atoms. The van der Waals surface area contributed by atoms with Gasteiger partial charge in [0.15, 0.2) is 0 Å². The third-order valence-corrected chi connectivity index (χ3v) is 6.69. The van der Waals surface area contributed by atoms with Crippen molar-refractivity contribution in [2.75, 3.05) is 23.2 Å². The Kier molecular flexibility index (Phi) is 6.04. The van der Waals surface area contributed by atoms with Crippen molar-refractivity contribution in [3.05, 3.63) is 64.7 Å². The van der Waals surface area contributed by atoms with Crippen LogP contribution in [0.5, 0.6) is 0 Å². The lowest BCUT2D eigenvalue weighted by molar-refractivity contribution is 0.0916. The highest BCUT2D eigenvalue weighted by molar-refractivity contribution is 7.92. The summed E-state index contributed by atoms with van der Waals surface area (Å²) in [4.78, 5) is 12.7. The van der Waals surface area contributed by atoms with Gasteiger partial charge in [-0.05, 0) is 36.6 Å². The first-order chi connectivity index (χ1) is 12.9. The number of aliphatic hydroxyl groups is 1. The fourth-order valence-corrected chi connectivity index (χ4v) is 4.98. The largest absolute Gasteiger partial charge is 0.394 e. The van der Waals surface area contributed by atoms with E-state index in [-0.39, 0.29) is 22.9 Å². The molecule has 1 fully saturated rings. The third kappa shape index (κ3) is 4.43. The standard InChI is InChI=1S/C19H21ClN2O4S/c20-16-9-8-15(12-18(16)22-10-4-5-11-27(22,25)26)19(24)21-17(13-23)14-6-2-1-3-7-14/h1-3,6-9,12,17,23H,4-5,10-11,13H2,(H,21,24). The number of nitrogens with one attached hydrogen (secondary N) is 1. The van der Waals surface area contributed by atoms with Crippen LogP contribution < -0.4 is 9.62 Å². The number of anilines is 1. The maximum absolute atomic E-state index is 12.7. The van der Waals surface area contributed by atoms with Crippen molar-refractivity contribution in [2.24, 2.45) is 0 Å².